The fourth-order valence-electron chi connectivity index (χ4n) is 2.40. The normalized spacial score (nSPS) is 13.5. The molecule has 0 aliphatic heterocycles. The highest BCUT2D eigenvalue weighted by Crippen LogP contribution is 2.20. The number of carbonyl (C=O) groups excluding carboxylic acids is 1. The van der Waals surface area contributed by atoms with Crippen molar-refractivity contribution in [3.63, 3.8) is 0 Å². The van der Waals surface area contributed by atoms with Crippen LogP contribution in [0, 0.1) is 6.92 Å². The highest BCUT2D eigenvalue weighted by molar-refractivity contribution is 7.92. The van der Waals surface area contributed by atoms with E-state index in [1.54, 1.807) is 25.1 Å². The van der Waals surface area contributed by atoms with Gasteiger partial charge in [0.1, 0.15) is 0 Å². The Bertz CT molecular complexity index is 667. The Kier molecular flexibility index (Phi) is 7.02. The van der Waals surface area contributed by atoms with E-state index in [1.807, 2.05) is 34.6 Å². The fourth-order valence-corrected chi connectivity index (χ4v) is 3.76. The number of amides is 1. The molecule has 134 valence electrons. The van der Waals surface area contributed by atoms with Gasteiger partial charge in [-0.15, -0.1) is 0 Å². The molecule has 5 nitrogen and oxygen atoms in total. The molecule has 0 aliphatic carbocycles. The highest BCUT2D eigenvalue weighted by atomic mass is 32.2. The van der Waals surface area contributed by atoms with Gasteiger partial charge in [0.25, 0.3) is 0 Å². The third kappa shape index (κ3) is 4.84. The number of rotatable bonds is 6. The first-order valence-corrected chi connectivity index (χ1v) is 9.58. The number of nitrogens with zero attached hydrogens (tertiary/aromatic N) is 1. The first-order chi connectivity index (χ1) is 11.1. The molecule has 6 heteroatoms. The van der Waals surface area contributed by atoms with E-state index >= 15 is 0 Å². The molecule has 1 amide bonds. The second kappa shape index (κ2) is 8.33. The first kappa shape index (κ1) is 20.2. The zero-order valence-corrected chi connectivity index (χ0v) is 16.0. The minimum absolute atomic E-state index is 0.0918. The lowest BCUT2D eigenvalue weighted by Crippen LogP contribution is -2.44. The standard InChI is InChI=1S/C18H27NO4S/c1-7-8-17(23-18(20)19(13(2)3)14(4)5)24(21,22)16-11-9-15(6)10-12-16/h7-14,17H,1-6H3/b8-7+. The van der Waals surface area contributed by atoms with Crippen molar-refractivity contribution in [1.29, 1.82) is 0 Å². The summed E-state index contributed by atoms with van der Waals surface area (Å²) in [7, 11) is -3.82. The van der Waals surface area contributed by atoms with E-state index in [4.69, 9.17) is 4.74 Å². The topological polar surface area (TPSA) is 63.7 Å². The molecule has 1 unspecified atom stereocenters. The number of ether oxygens (including phenoxy) is 1. The predicted octanol–water partition coefficient (Wildman–Crippen LogP) is 3.93. The Hall–Kier alpha value is -1.82. The lowest BCUT2D eigenvalue weighted by molar-refractivity contribution is 0.0784. The van der Waals surface area contributed by atoms with Gasteiger partial charge in [0.05, 0.1) is 4.90 Å². The van der Waals surface area contributed by atoms with Gasteiger partial charge in [-0.2, -0.15) is 0 Å². The number of carbonyl (C=O) groups is 1. The highest BCUT2D eigenvalue weighted by Gasteiger charge is 2.32. The van der Waals surface area contributed by atoms with Gasteiger partial charge in [0.2, 0.25) is 15.3 Å². The van der Waals surface area contributed by atoms with Crippen molar-refractivity contribution in [2.45, 2.75) is 64.0 Å². The van der Waals surface area contributed by atoms with E-state index in [0.717, 1.165) is 5.56 Å². The van der Waals surface area contributed by atoms with Crippen LogP contribution in [0.4, 0.5) is 4.79 Å². The third-order valence-electron chi connectivity index (χ3n) is 3.55. The van der Waals surface area contributed by atoms with Crippen molar-refractivity contribution in [1.82, 2.24) is 4.90 Å². The minimum atomic E-state index is -3.82. The van der Waals surface area contributed by atoms with Crippen LogP contribution in [0.3, 0.4) is 0 Å². The molecule has 1 aromatic carbocycles. The summed E-state index contributed by atoms with van der Waals surface area (Å²) < 4.78 is 30.9. The molecule has 0 aliphatic rings. The van der Waals surface area contributed by atoms with Crippen LogP contribution < -0.4 is 0 Å². The first-order valence-electron chi connectivity index (χ1n) is 8.03. The molecule has 1 atom stereocenters. The largest absolute Gasteiger partial charge is 0.425 e. The zero-order valence-electron chi connectivity index (χ0n) is 15.2. The van der Waals surface area contributed by atoms with Crippen LogP contribution in [0.2, 0.25) is 0 Å². The molecule has 0 spiro atoms. The molecular formula is C18H27NO4S. The molecule has 1 rings (SSSR count). The molecule has 0 heterocycles. The number of aryl methyl sites for hydroxylation is 1. The molecule has 0 saturated heterocycles. The van der Waals surface area contributed by atoms with Gasteiger partial charge in [0.15, 0.2) is 0 Å². The summed E-state index contributed by atoms with van der Waals surface area (Å²) in [5.74, 6) is 0. The Labute approximate surface area is 145 Å². The molecule has 0 radical (unpaired) electrons. The summed E-state index contributed by atoms with van der Waals surface area (Å²) in [6.07, 6.45) is 2.31. The van der Waals surface area contributed by atoms with Crippen molar-refractivity contribution >= 4 is 15.9 Å². The second-order valence-electron chi connectivity index (χ2n) is 6.23. The van der Waals surface area contributed by atoms with E-state index in [9.17, 15) is 13.2 Å². The molecule has 0 fully saturated rings. The maximum atomic E-state index is 12.8. The van der Waals surface area contributed by atoms with Crippen LogP contribution in [0.15, 0.2) is 41.3 Å². The number of hydrogen-bond acceptors (Lipinski definition) is 4. The van der Waals surface area contributed by atoms with E-state index in [0.29, 0.717) is 0 Å². The van der Waals surface area contributed by atoms with Gasteiger partial charge in [0, 0.05) is 12.1 Å². The van der Waals surface area contributed by atoms with E-state index in [2.05, 4.69) is 0 Å². The van der Waals surface area contributed by atoms with Crippen LogP contribution in [0.25, 0.3) is 0 Å². The summed E-state index contributed by atoms with van der Waals surface area (Å²) in [5.41, 5.74) is -0.392. The Balaban J connectivity index is 3.14. The van der Waals surface area contributed by atoms with Gasteiger partial charge >= 0.3 is 6.09 Å². The number of benzene rings is 1. The maximum Gasteiger partial charge on any atom is 0.411 e. The monoisotopic (exact) mass is 353 g/mol. The summed E-state index contributed by atoms with van der Waals surface area (Å²) in [5, 5.41) is 0. The number of sulfone groups is 1. The molecule has 0 saturated carbocycles. The molecular weight excluding hydrogens is 326 g/mol. The summed E-state index contributed by atoms with van der Waals surface area (Å²) >= 11 is 0. The van der Waals surface area contributed by atoms with Gasteiger partial charge in [-0.05, 0) is 59.8 Å². The zero-order chi connectivity index (χ0) is 18.5. The molecule has 0 aromatic heterocycles. The summed E-state index contributed by atoms with van der Waals surface area (Å²) in [6.45, 7) is 11.0. The van der Waals surface area contributed by atoms with Crippen LogP contribution >= 0.6 is 0 Å². The summed E-state index contributed by atoms with van der Waals surface area (Å²) in [4.78, 5) is 14.1. The molecule has 0 N–H and O–H groups in total. The second-order valence-corrected chi connectivity index (χ2v) is 8.26. The molecule has 1 aromatic rings. The van der Waals surface area contributed by atoms with Crippen molar-refractivity contribution in [3.8, 4) is 0 Å². The van der Waals surface area contributed by atoms with E-state index in [-0.39, 0.29) is 17.0 Å². The molecule has 24 heavy (non-hydrogen) atoms. The van der Waals surface area contributed by atoms with Gasteiger partial charge in [-0.1, -0.05) is 23.8 Å². The minimum Gasteiger partial charge on any atom is -0.425 e. The lowest BCUT2D eigenvalue weighted by atomic mass is 10.2. The molecule has 0 bridgehead atoms. The number of allylic oxidation sites excluding steroid dienone is 1. The van der Waals surface area contributed by atoms with Crippen molar-refractivity contribution in [2.75, 3.05) is 0 Å². The van der Waals surface area contributed by atoms with Crippen molar-refractivity contribution < 1.29 is 17.9 Å². The summed E-state index contributed by atoms with van der Waals surface area (Å²) in [6, 6.07) is 6.30. The maximum absolute atomic E-state index is 12.8. The quantitative estimate of drug-likeness (QED) is 0.727. The lowest BCUT2D eigenvalue weighted by Gasteiger charge is -2.31. The Morgan fingerprint density at radius 1 is 1.08 bits per heavy atom. The van der Waals surface area contributed by atoms with E-state index < -0.39 is 21.4 Å². The Morgan fingerprint density at radius 2 is 1.58 bits per heavy atom. The smallest absolute Gasteiger partial charge is 0.411 e. The van der Waals surface area contributed by atoms with Crippen LogP contribution in [-0.4, -0.2) is 36.9 Å². The van der Waals surface area contributed by atoms with Gasteiger partial charge in [-0.3, -0.25) is 0 Å². The average molecular weight is 353 g/mol. The van der Waals surface area contributed by atoms with Crippen LogP contribution in [0.1, 0.15) is 40.2 Å². The average Bonchev–Trinajstić information content (AvgIpc) is 2.46. The predicted molar refractivity (Wildman–Crippen MR) is 95.6 cm³/mol. The van der Waals surface area contributed by atoms with Gasteiger partial charge in [-0.25, -0.2) is 13.2 Å². The fraction of sp³-hybridized carbons (Fsp3) is 0.500. The van der Waals surface area contributed by atoms with E-state index in [1.165, 1.54) is 23.1 Å². The number of hydrogen-bond donors (Lipinski definition) is 0. The third-order valence-corrected chi connectivity index (χ3v) is 5.34. The van der Waals surface area contributed by atoms with Crippen molar-refractivity contribution in [3.05, 3.63) is 42.0 Å². The van der Waals surface area contributed by atoms with Crippen LogP contribution in [-0.2, 0) is 14.6 Å². The van der Waals surface area contributed by atoms with Crippen LogP contribution in [0.5, 0.6) is 0 Å². The van der Waals surface area contributed by atoms with Gasteiger partial charge < -0.3 is 9.64 Å². The SMILES string of the molecule is C/C=C/C(OC(=O)N(C(C)C)C(C)C)S(=O)(=O)c1ccc(C)cc1. The van der Waals surface area contributed by atoms with Crippen molar-refractivity contribution in [2.24, 2.45) is 0 Å². The Morgan fingerprint density at radius 3 is 2.00 bits per heavy atom.